The molecule has 5 nitrogen and oxygen atoms in total. The molecule has 0 saturated carbocycles. The van der Waals surface area contributed by atoms with Crippen LogP contribution in [0.25, 0.3) is 0 Å². The first-order valence-corrected chi connectivity index (χ1v) is 6.61. The minimum absolute atomic E-state index is 0.0533. The third kappa shape index (κ3) is 9.37. The van der Waals surface area contributed by atoms with E-state index < -0.39 is 0 Å². The minimum atomic E-state index is -0.0533. The van der Waals surface area contributed by atoms with E-state index in [-0.39, 0.29) is 6.04 Å². The van der Waals surface area contributed by atoms with E-state index in [0.717, 1.165) is 52.2 Å². The topological polar surface area (TPSA) is 57.5 Å². The van der Waals surface area contributed by atoms with E-state index >= 15 is 0 Å². The molecule has 0 saturated heterocycles. The Bertz CT molecular complexity index is 219. The molecule has 0 aromatic rings. The first-order valence-electron chi connectivity index (χ1n) is 6.61. The molecule has 0 aliphatic carbocycles. The van der Waals surface area contributed by atoms with Crippen molar-refractivity contribution in [2.24, 2.45) is 0 Å². The maximum Gasteiger partial charge on any atom is 0.0965 e. The second kappa shape index (κ2) is 12.8. The van der Waals surface area contributed by atoms with E-state index in [9.17, 15) is 0 Å². The first-order chi connectivity index (χ1) is 8.78. The van der Waals surface area contributed by atoms with Crippen LogP contribution in [0.15, 0.2) is 0 Å². The molecule has 18 heavy (non-hydrogen) atoms. The van der Waals surface area contributed by atoms with Crippen molar-refractivity contribution in [3.8, 4) is 6.07 Å². The lowest BCUT2D eigenvalue weighted by Crippen LogP contribution is -2.35. The van der Waals surface area contributed by atoms with E-state index in [1.165, 1.54) is 0 Å². The fourth-order valence-corrected chi connectivity index (χ4v) is 1.76. The molecule has 1 unspecified atom stereocenters. The van der Waals surface area contributed by atoms with Gasteiger partial charge in [-0.15, -0.1) is 0 Å². The van der Waals surface area contributed by atoms with Gasteiger partial charge in [-0.3, -0.25) is 0 Å². The van der Waals surface area contributed by atoms with Crippen LogP contribution in [0.1, 0.15) is 19.8 Å². The van der Waals surface area contributed by atoms with Crippen LogP contribution in [-0.2, 0) is 9.47 Å². The van der Waals surface area contributed by atoms with E-state index in [0.29, 0.717) is 0 Å². The van der Waals surface area contributed by atoms with Crippen LogP contribution in [0.3, 0.4) is 0 Å². The summed E-state index contributed by atoms with van der Waals surface area (Å²) in [4.78, 5) is 2.32. The second-order valence-electron chi connectivity index (χ2n) is 4.21. The number of ether oxygens (including phenoxy) is 2. The summed E-state index contributed by atoms with van der Waals surface area (Å²) >= 11 is 0. The molecular formula is C13H27N3O2. The Morgan fingerprint density at radius 2 is 1.89 bits per heavy atom. The van der Waals surface area contributed by atoms with Gasteiger partial charge in [-0.2, -0.15) is 5.26 Å². The Kier molecular flexibility index (Phi) is 12.3. The minimum Gasteiger partial charge on any atom is -0.385 e. The van der Waals surface area contributed by atoms with Crippen LogP contribution in [0, 0.1) is 11.3 Å². The second-order valence-corrected chi connectivity index (χ2v) is 4.21. The molecule has 0 fully saturated rings. The van der Waals surface area contributed by atoms with Crippen LogP contribution in [0.4, 0.5) is 0 Å². The van der Waals surface area contributed by atoms with Gasteiger partial charge in [0.15, 0.2) is 0 Å². The fraction of sp³-hybridized carbons (Fsp3) is 0.923. The number of nitrogens with zero attached hydrogens (tertiary/aromatic N) is 2. The van der Waals surface area contributed by atoms with Crippen LogP contribution in [-0.4, -0.2) is 64.6 Å². The van der Waals surface area contributed by atoms with Gasteiger partial charge in [0.2, 0.25) is 0 Å². The maximum absolute atomic E-state index is 8.98. The van der Waals surface area contributed by atoms with Gasteiger partial charge in [0.25, 0.3) is 0 Å². The van der Waals surface area contributed by atoms with Gasteiger partial charge in [0.05, 0.1) is 18.7 Å². The summed E-state index contributed by atoms with van der Waals surface area (Å²) < 4.78 is 10.2. The number of hydrogen-bond acceptors (Lipinski definition) is 5. The molecular weight excluding hydrogens is 230 g/mol. The Morgan fingerprint density at radius 3 is 2.44 bits per heavy atom. The van der Waals surface area contributed by atoms with Crippen molar-refractivity contribution in [2.75, 3.05) is 53.6 Å². The normalized spacial score (nSPS) is 12.6. The van der Waals surface area contributed by atoms with Gasteiger partial charge in [0, 0.05) is 40.5 Å². The summed E-state index contributed by atoms with van der Waals surface area (Å²) in [5, 5.41) is 12.2. The average molecular weight is 257 g/mol. The molecule has 0 aromatic carbocycles. The van der Waals surface area contributed by atoms with E-state index in [1.807, 2.05) is 6.92 Å². The number of nitrogens with one attached hydrogen (secondary N) is 1. The zero-order valence-electron chi connectivity index (χ0n) is 11.9. The van der Waals surface area contributed by atoms with Crippen molar-refractivity contribution in [1.29, 1.82) is 5.26 Å². The average Bonchev–Trinajstić information content (AvgIpc) is 2.39. The Hall–Kier alpha value is -0.670. The quantitative estimate of drug-likeness (QED) is 0.526. The lowest BCUT2D eigenvalue weighted by molar-refractivity contribution is 0.131. The van der Waals surface area contributed by atoms with Crippen LogP contribution in [0.2, 0.25) is 0 Å². The zero-order valence-corrected chi connectivity index (χ0v) is 11.9. The van der Waals surface area contributed by atoms with Gasteiger partial charge in [0.1, 0.15) is 0 Å². The summed E-state index contributed by atoms with van der Waals surface area (Å²) in [7, 11) is 3.43. The third-order valence-electron chi connectivity index (χ3n) is 2.77. The number of nitriles is 1. The summed E-state index contributed by atoms with van der Waals surface area (Å²) in [6.07, 6.45) is 1.86. The SMILES string of the molecule is CCNC(C#N)CCN(CCCOC)CCOC. The molecule has 0 heterocycles. The molecule has 106 valence electrons. The Balaban J connectivity index is 3.93. The maximum atomic E-state index is 8.98. The lowest BCUT2D eigenvalue weighted by atomic mass is 10.2. The van der Waals surface area contributed by atoms with Gasteiger partial charge < -0.3 is 19.7 Å². The van der Waals surface area contributed by atoms with Crippen molar-refractivity contribution in [2.45, 2.75) is 25.8 Å². The highest BCUT2D eigenvalue weighted by atomic mass is 16.5. The van der Waals surface area contributed by atoms with Crippen molar-refractivity contribution >= 4 is 0 Å². The van der Waals surface area contributed by atoms with Crippen LogP contribution < -0.4 is 5.32 Å². The van der Waals surface area contributed by atoms with Gasteiger partial charge in [-0.05, 0) is 19.4 Å². The molecule has 0 rings (SSSR count). The highest BCUT2D eigenvalue weighted by molar-refractivity contribution is 4.89. The predicted octanol–water partition coefficient (Wildman–Crippen LogP) is 0.863. The molecule has 0 bridgehead atoms. The Labute approximate surface area is 111 Å². The smallest absolute Gasteiger partial charge is 0.0965 e. The fourth-order valence-electron chi connectivity index (χ4n) is 1.76. The standard InChI is InChI=1S/C13H27N3O2/c1-4-15-13(12-14)6-8-16(9-11-18-3)7-5-10-17-2/h13,15H,4-11H2,1-3H3. The van der Waals surface area contributed by atoms with Crippen molar-refractivity contribution < 1.29 is 9.47 Å². The third-order valence-corrected chi connectivity index (χ3v) is 2.77. The molecule has 0 amide bonds. The van der Waals surface area contributed by atoms with Crippen LogP contribution >= 0.6 is 0 Å². The first kappa shape index (κ1) is 17.3. The summed E-state index contributed by atoms with van der Waals surface area (Å²) in [5.41, 5.74) is 0. The molecule has 0 spiro atoms. The molecule has 5 heteroatoms. The van der Waals surface area contributed by atoms with E-state index in [2.05, 4.69) is 16.3 Å². The van der Waals surface area contributed by atoms with Gasteiger partial charge in [-0.1, -0.05) is 6.92 Å². The highest BCUT2D eigenvalue weighted by Gasteiger charge is 2.09. The van der Waals surface area contributed by atoms with Crippen LogP contribution in [0.5, 0.6) is 0 Å². The number of hydrogen-bond donors (Lipinski definition) is 1. The molecule has 0 radical (unpaired) electrons. The number of methoxy groups -OCH3 is 2. The molecule has 0 aliphatic rings. The van der Waals surface area contributed by atoms with E-state index in [1.54, 1.807) is 14.2 Å². The molecule has 1 atom stereocenters. The monoisotopic (exact) mass is 257 g/mol. The van der Waals surface area contributed by atoms with Crippen molar-refractivity contribution in [1.82, 2.24) is 10.2 Å². The predicted molar refractivity (Wildman–Crippen MR) is 72.5 cm³/mol. The van der Waals surface area contributed by atoms with Gasteiger partial charge >= 0.3 is 0 Å². The Morgan fingerprint density at radius 1 is 1.17 bits per heavy atom. The molecule has 0 aromatic heterocycles. The molecule has 0 aliphatic heterocycles. The van der Waals surface area contributed by atoms with Gasteiger partial charge in [-0.25, -0.2) is 0 Å². The van der Waals surface area contributed by atoms with Crippen molar-refractivity contribution in [3.05, 3.63) is 0 Å². The largest absolute Gasteiger partial charge is 0.385 e. The lowest BCUT2D eigenvalue weighted by Gasteiger charge is -2.23. The molecule has 1 N–H and O–H groups in total. The zero-order chi connectivity index (χ0) is 13.6. The highest BCUT2D eigenvalue weighted by Crippen LogP contribution is 1.98. The summed E-state index contributed by atoms with van der Waals surface area (Å²) in [6.45, 7) is 7.17. The van der Waals surface area contributed by atoms with E-state index in [4.69, 9.17) is 14.7 Å². The summed E-state index contributed by atoms with van der Waals surface area (Å²) in [5.74, 6) is 0. The number of rotatable bonds is 12. The van der Waals surface area contributed by atoms with Crippen molar-refractivity contribution in [3.63, 3.8) is 0 Å². The summed E-state index contributed by atoms with van der Waals surface area (Å²) in [6, 6.07) is 2.23.